The lowest BCUT2D eigenvalue weighted by Crippen LogP contribution is -2.51. The molecule has 3 atom stereocenters. The molecule has 0 spiro atoms. The van der Waals surface area contributed by atoms with Gasteiger partial charge in [0.1, 0.15) is 0 Å². The molecule has 0 bridgehead atoms. The summed E-state index contributed by atoms with van der Waals surface area (Å²) in [4.78, 5) is 5.03. The molecular formula is C12H25N3. The average Bonchev–Trinajstić information content (AvgIpc) is 2.38. The Morgan fingerprint density at radius 1 is 1.20 bits per heavy atom. The molecule has 0 aromatic heterocycles. The average molecular weight is 211 g/mol. The number of nitrogens with zero attached hydrogens (tertiary/aromatic N) is 2. The number of fused-ring (bicyclic) bond motifs is 1. The van der Waals surface area contributed by atoms with Crippen molar-refractivity contribution >= 4 is 0 Å². The minimum absolute atomic E-state index is 0.750. The van der Waals surface area contributed by atoms with E-state index in [1.807, 2.05) is 0 Å². The number of likely N-dealkylation sites (N-methyl/N-ethyl adjacent to an activating group) is 2. The summed E-state index contributed by atoms with van der Waals surface area (Å²) in [5.74, 6) is 1.62. The molecule has 2 fully saturated rings. The molecule has 0 aromatic carbocycles. The first-order chi connectivity index (χ1) is 7.22. The normalized spacial score (nSPS) is 39.8. The smallest absolute Gasteiger partial charge is 0.0251 e. The van der Waals surface area contributed by atoms with E-state index in [1.165, 1.54) is 38.9 Å². The third kappa shape index (κ3) is 2.35. The van der Waals surface area contributed by atoms with Crippen molar-refractivity contribution in [1.29, 1.82) is 0 Å². The van der Waals surface area contributed by atoms with E-state index in [4.69, 9.17) is 5.73 Å². The Labute approximate surface area is 93.6 Å². The lowest BCUT2D eigenvalue weighted by atomic mass is 9.79. The standard InChI is InChI=1S/C12H25N3/c1-14-7-5-11-10(8-13)4-3-6-15(2)12(11)9-14/h10-12H,3-9,13H2,1-2H3. The summed E-state index contributed by atoms with van der Waals surface area (Å²) in [5.41, 5.74) is 5.93. The number of piperidine rings is 1. The zero-order chi connectivity index (χ0) is 10.8. The molecule has 0 aliphatic carbocycles. The molecule has 0 amide bonds. The van der Waals surface area contributed by atoms with E-state index in [0.29, 0.717) is 0 Å². The number of likely N-dealkylation sites (tertiary alicyclic amines) is 2. The molecule has 88 valence electrons. The van der Waals surface area contributed by atoms with Crippen LogP contribution in [0.2, 0.25) is 0 Å². The first-order valence-electron chi connectivity index (χ1n) is 6.31. The van der Waals surface area contributed by atoms with E-state index < -0.39 is 0 Å². The second-order valence-electron chi connectivity index (χ2n) is 5.40. The van der Waals surface area contributed by atoms with Gasteiger partial charge in [-0.3, -0.25) is 0 Å². The van der Waals surface area contributed by atoms with Crippen LogP contribution < -0.4 is 5.73 Å². The van der Waals surface area contributed by atoms with E-state index in [1.54, 1.807) is 0 Å². The van der Waals surface area contributed by atoms with Crippen molar-refractivity contribution in [2.45, 2.75) is 25.3 Å². The van der Waals surface area contributed by atoms with Crippen molar-refractivity contribution in [2.75, 3.05) is 40.3 Å². The molecule has 2 aliphatic heterocycles. The number of hydrogen-bond acceptors (Lipinski definition) is 3. The van der Waals surface area contributed by atoms with Gasteiger partial charge in [-0.25, -0.2) is 0 Å². The monoisotopic (exact) mass is 211 g/mol. The van der Waals surface area contributed by atoms with Gasteiger partial charge in [0.2, 0.25) is 0 Å². The van der Waals surface area contributed by atoms with Crippen LogP contribution in [0, 0.1) is 11.8 Å². The molecule has 2 rings (SSSR count). The van der Waals surface area contributed by atoms with Crippen LogP contribution >= 0.6 is 0 Å². The van der Waals surface area contributed by atoms with Crippen LogP contribution in [-0.2, 0) is 0 Å². The highest BCUT2D eigenvalue weighted by Crippen LogP contribution is 2.32. The topological polar surface area (TPSA) is 32.5 Å². The SMILES string of the molecule is CN1CCC2C(CN)CCCN(C)C2C1. The van der Waals surface area contributed by atoms with Crippen molar-refractivity contribution < 1.29 is 0 Å². The maximum atomic E-state index is 5.93. The summed E-state index contributed by atoms with van der Waals surface area (Å²) in [5, 5.41) is 0. The maximum Gasteiger partial charge on any atom is 0.0251 e. The second kappa shape index (κ2) is 4.81. The quantitative estimate of drug-likeness (QED) is 0.690. The van der Waals surface area contributed by atoms with Crippen LogP contribution in [0.5, 0.6) is 0 Å². The van der Waals surface area contributed by atoms with Crippen LogP contribution in [0.25, 0.3) is 0 Å². The highest BCUT2D eigenvalue weighted by atomic mass is 15.2. The van der Waals surface area contributed by atoms with Gasteiger partial charge in [0, 0.05) is 12.6 Å². The fourth-order valence-corrected chi connectivity index (χ4v) is 3.40. The number of nitrogens with two attached hydrogens (primary N) is 1. The van der Waals surface area contributed by atoms with Crippen molar-refractivity contribution in [1.82, 2.24) is 9.80 Å². The molecule has 0 radical (unpaired) electrons. The Hall–Kier alpha value is -0.120. The van der Waals surface area contributed by atoms with E-state index >= 15 is 0 Å². The van der Waals surface area contributed by atoms with Gasteiger partial charge in [0.25, 0.3) is 0 Å². The van der Waals surface area contributed by atoms with E-state index in [9.17, 15) is 0 Å². The van der Waals surface area contributed by atoms with Crippen LogP contribution in [0.4, 0.5) is 0 Å². The Kier molecular flexibility index (Phi) is 3.65. The van der Waals surface area contributed by atoms with Crippen LogP contribution in [-0.4, -0.2) is 56.1 Å². The zero-order valence-corrected chi connectivity index (χ0v) is 10.2. The van der Waals surface area contributed by atoms with Crippen molar-refractivity contribution in [3.05, 3.63) is 0 Å². The maximum absolute atomic E-state index is 5.93. The Bertz CT molecular complexity index is 207. The molecular weight excluding hydrogens is 186 g/mol. The van der Waals surface area contributed by atoms with Crippen molar-refractivity contribution in [3.8, 4) is 0 Å². The third-order valence-corrected chi connectivity index (χ3v) is 4.40. The summed E-state index contributed by atoms with van der Waals surface area (Å²) >= 11 is 0. The van der Waals surface area contributed by atoms with E-state index in [2.05, 4.69) is 23.9 Å². The molecule has 3 unspecified atom stereocenters. The highest BCUT2D eigenvalue weighted by Gasteiger charge is 2.36. The van der Waals surface area contributed by atoms with Gasteiger partial charge in [-0.2, -0.15) is 0 Å². The summed E-state index contributed by atoms with van der Waals surface area (Å²) in [6.45, 7) is 4.63. The molecule has 0 saturated carbocycles. The number of rotatable bonds is 1. The third-order valence-electron chi connectivity index (χ3n) is 4.40. The lowest BCUT2D eigenvalue weighted by Gasteiger charge is -2.42. The summed E-state index contributed by atoms with van der Waals surface area (Å²) in [7, 11) is 4.53. The lowest BCUT2D eigenvalue weighted by molar-refractivity contribution is 0.0695. The zero-order valence-electron chi connectivity index (χ0n) is 10.2. The minimum atomic E-state index is 0.750. The van der Waals surface area contributed by atoms with Gasteiger partial charge in [-0.05, 0) is 64.8 Å². The predicted octanol–water partition coefficient (Wildman–Crippen LogP) is 0.607. The number of hydrogen-bond donors (Lipinski definition) is 1. The molecule has 2 saturated heterocycles. The summed E-state index contributed by atoms with van der Waals surface area (Å²) in [6, 6.07) is 0.750. The molecule has 0 aromatic rings. The van der Waals surface area contributed by atoms with Crippen LogP contribution in [0.1, 0.15) is 19.3 Å². The molecule has 2 N–H and O–H groups in total. The fourth-order valence-electron chi connectivity index (χ4n) is 3.40. The molecule has 2 heterocycles. The largest absolute Gasteiger partial charge is 0.330 e. The van der Waals surface area contributed by atoms with E-state index in [0.717, 1.165) is 24.4 Å². The Morgan fingerprint density at radius 3 is 2.73 bits per heavy atom. The van der Waals surface area contributed by atoms with Gasteiger partial charge in [0.15, 0.2) is 0 Å². The first kappa shape index (κ1) is 11.4. The van der Waals surface area contributed by atoms with Crippen LogP contribution in [0.15, 0.2) is 0 Å². The molecule has 2 aliphatic rings. The minimum Gasteiger partial charge on any atom is -0.330 e. The van der Waals surface area contributed by atoms with Gasteiger partial charge in [0.05, 0.1) is 0 Å². The van der Waals surface area contributed by atoms with Gasteiger partial charge in [-0.15, -0.1) is 0 Å². The Balaban J connectivity index is 2.10. The molecule has 15 heavy (non-hydrogen) atoms. The second-order valence-corrected chi connectivity index (χ2v) is 5.40. The van der Waals surface area contributed by atoms with Gasteiger partial charge < -0.3 is 15.5 Å². The first-order valence-corrected chi connectivity index (χ1v) is 6.31. The predicted molar refractivity (Wildman–Crippen MR) is 63.8 cm³/mol. The van der Waals surface area contributed by atoms with Crippen molar-refractivity contribution in [2.24, 2.45) is 17.6 Å². The summed E-state index contributed by atoms with van der Waals surface area (Å²) in [6.07, 6.45) is 4.01. The molecule has 3 heteroatoms. The fraction of sp³-hybridized carbons (Fsp3) is 1.00. The van der Waals surface area contributed by atoms with Crippen molar-refractivity contribution in [3.63, 3.8) is 0 Å². The van der Waals surface area contributed by atoms with Gasteiger partial charge >= 0.3 is 0 Å². The molecule has 3 nitrogen and oxygen atoms in total. The van der Waals surface area contributed by atoms with E-state index in [-0.39, 0.29) is 0 Å². The highest BCUT2D eigenvalue weighted by molar-refractivity contribution is 4.91. The van der Waals surface area contributed by atoms with Crippen LogP contribution in [0.3, 0.4) is 0 Å². The van der Waals surface area contributed by atoms with Gasteiger partial charge in [-0.1, -0.05) is 0 Å². The summed E-state index contributed by atoms with van der Waals surface area (Å²) < 4.78 is 0. The Morgan fingerprint density at radius 2 is 2.00 bits per heavy atom.